The molecule has 0 unspecified atom stereocenters. The number of hydrogen-bond acceptors (Lipinski definition) is 6. The minimum absolute atomic E-state index is 0.0910. The van der Waals surface area contributed by atoms with Crippen LogP contribution in [-0.2, 0) is 28.6 Å². The van der Waals surface area contributed by atoms with Crippen molar-refractivity contribution in [2.45, 2.75) is 309 Å². The zero-order valence-corrected chi connectivity index (χ0v) is 48.1. The van der Waals surface area contributed by atoms with E-state index in [0.29, 0.717) is 19.3 Å². The van der Waals surface area contributed by atoms with E-state index in [2.05, 4.69) is 106 Å². The maximum atomic E-state index is 12.9. The van der Waals surface area contributed by atoms with Gasteiger partial charge in [-0.1, -0.05) is 247 Å². The van der Waals surface area contributed by atoms with Crippen LogP contribution >= 0.6 is 0 Å². The van der Waals surface area contributed by atoms with Crippen molar-refractivity contribution in [3.63, 3.8) is 0 Å². The number of esters is 3. The summed E-state index contributed by atoms with van der Waals surface area (Å²) in [5.74, 6) is -0.916. The number of ether oxygens (including phenoxy) is 3. The Balaban J connectivity index is 4.44. The van der Waals surface area contributed by atoms with Gasteiger partial charge in [0.15, 0.2) is 6.10 Å². The lowest BCUT2D eigenvalue weighted by molar-refractivity contribution is -0.167. The lowest BCUT2D eigenvalue weighted by Crippen LogP contribution is -2.30. The summed E-state index contributed by atoms with van der Waals surface area (Å²) in [7, 11) is 0. The van der Waals surface area contributed by atoms with Crippen molar-refractivity contribution in [3.05, 3.63) is 85.1 Å². The normalized spacial score (nSPS) is 12.6. The fourth-order valence-electron chi connectivity index (χ4n) is 8.63. The van der Waals surface area contributed by atoms with Crippen LogP contribution in [0.25, 0.3) is 0 Å². The highest BCUT2D eigenvalue weighted by atomic mass is 16.6. The van der Waals surface area contributed by atoms with Crippen LogP contribution in [0, 0.1) is 0 Å². The zero-order chi connectivity index (χ0) is 52.9. The molecule has 0 aromatic carbocycles. The molecule has 0 aliphatic rings. The summed E-state index contributed by atoms with van der Waals surface area (Å²) >= 11 is 0. The van der Waals surface area contributed by atoms with E-state index in [0.717, 1.165) is 103 Å². The third kappa shape index (κ3) is 59.3. The molecule has 0 spiro atoms. The molecule has 6 nitrogen and oxygen atoms in total. The Kier molecular flexibility index (Phi) is 58.3. The summed E-state index contributed by atoms with van der Waals surface area (Å²) in [5, 5.41) is 0. The summed E-state index contributed by atoms with van der Waals surface area (Å²) in [5.41, 5.74) is 0. The largest absolute Gasteiger partial charge is 0.462 e. The molecule has 0 aliphatic carbocycles. The van der Waals surface area contributed by atoms with Gasteiger partial charge in [-0.15, -0.1) is 0 Å². The van der Waals surface area contributed by atoms with Gasteiger partial charge in [0.2, 0.25) is 0 Å². The summed E-state index contributed by atoms with van der Waals surface area (Å²) in [6, 6.07) is 0. The molecular formula is C67H116O6. The van der Waals surface area contributed by atoms with E-state index >= 15 is 0 Å². The van der Waals surface area contributed by atoms with Crippen molar-refractivity contribution in [2.75, 3.05) is 13.2 Å². The molecule has 0 aliphatic heterocycles. The lowest BCUT2D eigenvalue weighted by atomic mass is 10.1. The van der Waals surface area contributed by atoms with Crippen molar-refractivity contribution in [1.82, 2.24) is 0 Å². The molecule has 0 fully saturated rings. The van der Waals surface area contributed by atoms with Crippen molar-refractivity contribution in [2.24, 2.45) is 0 Å². The average molecular weight is 1020 g/mol. The van der Waals surface area contributed by atoms with E-state index in [1.807, 2.05) is 0 Å². The van der Waals surface area contributed by atoms with Crippen molar-refractivity contribution < 1.29 is 28.6 Å². The van der Waals surface area contributed by atoms with E-state index in [1.54, 1.807) is 0 Å². The number of carbonyl (C=O) groups excluding carboxylic acids is 3. The van der Waals surface area contributed by atoms with Crippen LogP contribution in [0.15, 0.2) is 85.1 Å². The Bertz CT molecular complexity index is 1400. The van der Waals surface area contributed by atoms with Gasteiger partial charge in [-0.2, -0.15) is 0 Å². The average Bonchev–Trinajstić information content (AvgIpc) is 3.39. The van der Waals surface area contributed by atoms with Gasteiger partial charge in [-0.25, -0.2) is 0 Å². The zero-order valence-electron chi connectivity index (χ0n) is 48.1. The number of hydrogen-bond donors (Lipinski definition) is 0. The topological polar surface area (TPSA) is 78.9 Å². The molecule has 0 saturated carbocycles. The van der Waals surface area contributed by atoms with Crippen LogP contribution in [0.4, 0.5) is 0 Å². The number of allylic oxidation sites excluding steroid dienone is 14. The molecule has 0 heterocycles. The van der Waals surface area contributed by atoms with E-state index in [9.17, 15) is 14.4 Å². The van der Waals surface area contributed by atoms with Crippen molar-refractivity contribution >= 4 is 17.9 Å². The molecule has 0 bridgehead atoms. The second-order valence-electron chi connectivity index (χ2n) is 20.6. The Morgan fingerprint density at radius 3 is 0.808 bits per heavy atom. The Labute approximate surface area is 452 Å². The van der Waals surface area contributed by atoms with Crippen LogP contribution in [0.2, 0.25) is 0 Å². The van der Waals surface area contributed by atoms with E-state index < -0.39 is 6.10 Å². The van der Waals surface area contributed by atoms with Crippen LogP contribution in [0.1, 0.15) is 303 Å². The first-order chi connectivity index (χ1) is 36.0. The SMILES string of the molecule is CCCCC/C=C\C/C=C\C/C=C\CCCCCCCCC(=O)OC[C@@H](COC(=O)CCCCCC/C=C\C/C=C\C/C=C\CCCCC)OC(=O)CCCCCCCCCCC/C=C\CCCCCCCC. The molecule has 73 heavy (non-hydrogen) atoms. The molecule has 0 N–H and O–H groups in total. The molecule has 6 heteroatoms. The van der Waals surface area contributed by atoms with Crippen molar-refractivity contribution in [3.8, 4) is 0 Å². The van der Waals surface area contributed by atoms with Gasteiger partial charge in [-0.3, -0.25) is 14.4 Å². The van der Waals surface area contributed by atoms with Gasteiger partial charge < -0.3 is 14.2 Å². The van der Waals surface area contributed by atoms with Crippen molar-refractivity contribution in [1.29, 1.82) is 0 Å². The molecule has 0 aromatic heterocycles. The van der Waals surface area contributed by atoms with Crippen LogP contribution in [0.3, 0.4) is 0 Å². The highest BCUT2D eigenvalue weighted by molar-refractivity contribution is 5.71. The second-order valence-corrected chi connectivity index (χ2v) is 20.6. The Hall–Kier alpha value is -3.41. The maximum absolute atomic E-state index is 12.9. The predicted octanol–water partition coefficient (Wildman–Crippen LogP) is 21.1. The van der Waals surface area contributed by atoms with Gasteiger partial charge >= 0.3 is 17.9 Å². The predicted molar refractivity (Wildman–Crippen MR) is 316 cm³/mol. The molecule has 420 valence electrons. The molecule has 0 amide bonds. The maximum Gasteiger partial charge on any atom is 0.306 e. The minimum Gasteiger partial charge on any atom is -0.462 e. The van der Waals surface area contributed by atoms with Gasteiger partial charge in [0.25, 0.3) is 0 Å². The molecule has 0 aromatic rings. The smallest absolute Gasteiger partial charge is 0.306 e. The number of carbonyl (C=O) groups is 3. The molecular weight excluding hydrogens is 901 g/mol. The number of unbranched alkanes of at least 4 members (excludes halogenated alkanes) is 31. The van der Waals surface area contributed by atoms with Gasteiger partial charge in [0.05, 0.1) is 0 Å². The highest BCUT2D eigenvalue weighted by Crippen LogP contribution is 2.15. The third-order valence-corrected chi connectivity index (χ3v) is 13.3. The lowest BCUT2D eigenvalue weighted by Gasteiger charge is -2.18. The van der Waals surface area contributed by atoms with Gasteiger partial charge in [-0.05, 0) is 122 Å². The Morgan fingerprint density at radius 2 is 0.493 bits per heavy atom. The van der Waals surface area contributed by atoms with Gasteiger partial charge in [0, 0.05) is 19.3 Å². The molecule has 0 saturated heterocycles. The first-order valence-electron chi connectivity index (χ1n) is 31.1. The van der Waals surface area contributed by atoms with Gasteiger partial charge in [0.1, 0.15) is 13.2 Å². The number of rotatable bonds is 56. The van der Waals surface area contributed by atoms with Crippen LogP contribution in [-0.4, -0.2) is 37.2 Å². The summed E-state index contributed by atoms with van der Waals surface area (Å²) in [4.78, 5) is 38.3. The standard InChI is InChI=1S/C67H116O6/c1-4-7-10-13-16-19-22-25-28-31-33-36-39-42-45-48-51-54-57-60-66(69)72-63-64(62-71-65(68)59-56-53-50-47-44-41-38-35-30-27-24-21-18-15-12-9-6-3)73-67(70)61-58-55-52-49-46-43-40-37-34-32-29-26-23-20-17-14-11-8-5-2/h16,18-19,21,25-30,33,36,38,41,64H,4-15,17,20,22-24,31-32,34-35,37,39-40,42-63H2,1-3H3/b19-16-,21-18-,28-25-,29-26-,30-27-,36-33-,41-38-/t64-/m1/s1. The first kappa shape index (κ1) is 69.6. The summed E-state index contributed by atoms with van der Waals surface area (Å²) in [6.07, 6.45) is 80.0. The highest BCUT2D eigenvalue weighted by Gasteiger charge is 2.19. The summed E-state index contributed by atoms with van der Waals surface area (Å²) < 4.78 is 16.9. The third-order valence-electron chi connectivity index (χ3n) is 13.3. The second kappa shape index (κ2) is 61.1. The summed E-state index contributed by atoms with van der Waals surface area (Å²) in [6.45, 7) is 6.57. The molecule has 1 atom stereocenters. The van der Waals surface area contributed by atoms with E-state index in [1.165, 1.54) is 161 Å². The monoisotopic (exact) mass is 1020 g/mol. The fourth-order valence-corrected chi connectivity index (χ4v) is 8.63. The minimum atomic E-state index is -0.794. The van der Waals surface area contributed by atoms with E-state index in [4.69, 9.17) is 14.2 Å². The fraction of sp³-hybridized carbons (Fsp3) is 0.746. The Morgan fingerprint density at radius 1 is 0.274 bits per heavy atom. The first-order valence-corrected chi connectivity index (χ1v) is 31.1. The quantitative estimate of drug-likeness (QED) is 0.0261. The van der Waals surface area contributed by atoms with Crippen LogP contribution in [0.5, 0.6) is 0 Å². The molecule has 0 rings (SSSR count). The molecule has 0 radical (unpaired) electrons. The van der Waals surface area contributed by atoms with E-state index in [-0.39, 0.29) is 31.1 Å². The van der Waals surface area contributed by atoms with Crippen LogP contribution < -0.4 is 0 Å².